The molecule has 2 N–H and O–H groups in total. The first-order valence-electron chi connectivity index (χ1n) is 10.7. The predicted molar refractivity (Wildman–Crippen MR) is 120 cm³/mol. The molecule has 0 aliphatic heterocycles. The average molecular weight is 379 g/mol. The molecule has 0 aliphatic rings. The van der Waals surface area contributed by atoms with E-state index in [1.807, 2.05) is 48.6 Å². The van der Waals surface area contributed by atoms with Crippen molar-refractivity contribution in [3.63, 3.8) is 0 Å². The minimum atomic E-state index is 0.285. The smallest absolute Gasteiger partial charge is 0.122 e. The molecule has 28 heavy (non-hydrogen) atoms. The van der Waals surface area contributed by atoms with E-state index in [0.29, 0.717) is 5.75 Å². The van der Waals surface area contributed by atoms with Crippen LogP contribution in [0, 0.1) is 0 Å². The second-order valence-electron chi connectivity index (χ2n) is 7.40. The fourth-order valence-corrected chi connectivity index (χ4v) is 3.30. The van der Waals surface area contributed by atoms with E-state index in [2.05, 4.69) is 13.0 Å². The lowest BCUT2D eigenvalue weighted by atomic mass is 10.0. The quantitative estimate of drug-likeness (QED) is 0.293. The molecule has 2 rings (SSSR count). The highest BCUT2D eigenvalue weighted by atomic mass is 16.3. The minimum absolute atomic E-state index is 0.285. The third-order valence-electron chi connectivity index (χ3n) is 5.01. The molecular weight excluding hydrogens is 344 g/mol. The van der Waals surface area contributed by atoms with Crippen LogP contribution in [-0.2, 0) is 0 Å². The van der Waals surface area contributed by atoms with Gasteiger partial charge in [-0.15, -0.1) is 0 Å². The molecule has 0 unspecified atom stereocenters. The van der Waals surface area contributed by atoms with Gasteiger partial charge in [-0.05, 0) is 36.6 Å². The zero-order valence-electron chi connectivity index (χ0n) is 17.1. The Bertz CT molecular complexity index is 759. The van der Waals surface area contributed by atoms with Gasteiger partial charge in [-0.2, -0.15) is 0 Å². The summed E-state index contributed by atoms with van der Waals surface area (Å²) in [4.78, 5) is 0. The Kier molecular flexibility index (Phi) is 9.99. The standard InChI is InChI=1S/C26H34O2/c1-2-3-4-5-6-7-8-9-14-22(21-24-16-11-13-18-26(24)28)19-20-23-15-10-12-17-25(23)27/h10-13,15-21,27-28H,2-9,14H2,1H3. The van der Waals surface area contributed by atoms with E-state index in [1.165, 1.54) is 44.9 Å². The maximum absolute atomic E-state index is 10.1. The fourth-order valence-electron chi connectivity index (χ4n) is 3.30. The van der Waals surface area contributed by atoms with Crippen molar-refractivity contribution in [2.24, 2.45) is 0 Å². The van der Waals surface area contributed by atoms with E-state index in [1.54, 1.807) is 12.1 Å². The average Bonchev–Trinajstić information content (AvgIpc) is 2.70. The number of hydrogen-bond acceptors (Lipinski definition) is 2. The van der Waals surface area contributed by atoms with Crippen molar-refractivity contribution in [1.29, 1.82) is 0 Å². The Morgan fingerprint density at radius 2 is 1.25 bits per heavy atom. The molecule has 150 valence electrons. The molecule has 0 bridgehead atoms. The van der Waals surface area contributed by atoms with Gasteiger partial charge < -0.3 is 10.2 Å². The largest absolute Gasteiger partial charge is 0.507 e. The monoisotopic (exact) mass is 378 g/mol. The van der Waals surface area contributed by atoms with E-state index in [0.717, 1.165) is 29.5 Å². The first-order chi connectivity index (χ1) is 13.7. The third-order valence-corrected chi connectivity index (χ3v) is 5.01. The van der Waals surface area contributed by atoms with E-state index < -0.39 is 0 Å². The lowest BCUT2D eigenvalue weighted by Gasteiger charge is -2.06. The Hall–Kier alpha value is -2.48. The Balaban J connectivity index is 1.97. The molecule has 2 nitrogen and oxygen atoms in total. The highest BCUT2D eigenvalue weighted by molar-refractivity contribution is 5.66. The molecule has 0 amide bonds. The predicted octanol–water partition coefficient (Wildman–Crippen LogP) is 7.73. The van der Waals surface area contributed by atoms with Crippen molar-refractivity contribution >= 4 is 12.2 Å². The van der Waals surface area contributed by atoms with Gasteiger partial charge in [0.15, 0.2) is 0 Å². The zero-order chi connectivity index (χ0) is 20.0. The molecule has 2 aromatic rings. The molecule has 2 heteroatoms. The Morgan fingerprint density at radius 1 is 0.714 bits per heavy atom. The van der Waals surface area contributed by atoms with Gasteiger partial charge in [0.25, 0.3) is 0 Å². The number of unbranched alkanes of at least 4 members (excludes halogenated alkanes) is 7. The molecule has 0 saturated carbocycles. The Labute approximate surface area is 170 Å². The molecule has 0 atom stereocenters. The third kappa shape index (κ3) is 8.04. The van der Waals surface area contributed by atoms with Crippen LogP contribution in [0.3, 0.4) is 0 Å². The van der Waals surface area contributed by atoms with Gasteiger partial charge >= 0.3 is 0 Å². The van der Waals surface area contributed by atoms with E-state index >= 15 is 0 Å². The number of phenolic OH excluding ortho intramolecular Hbond substituents is 2. The SMILES string of the molecule is CCCCCCCCCCC(C=Cc1ccccc1O)=Cc1ccccc1O. The first-order valence-corrected chi connectivity index (χ1v) is 10.7. The zero-order valence-corrected chi connectivity index (χ0v) is 17.1. The summed E-state index contributed by atoms with van der Waals surface area (Å²) in [5.41, 5.74) is 2.80. The summed E-state index contributed by atoms with van der Waals surface area (Å²) in [6.07, 6.45) is 17.4. The van der Waals surface area contributed by atoms with Crippen LogP contribution in [0.25, 0.3) is 12.2 Å². The summed E-state index contributed by atoms with van der Waals surface area (Å²) in [5.74, 6) is 0.583. The van der Waals surface area contributed by atoms with Crippen LogP contribution in [0.1, 0.15) is 75.8 Å². The second-order valence-corrected chi connectivity index (χ2v) is 7.40. The van der Waals surface area contributed by atoms with Crippen LogP contribution in [0.4, 0.5) is 0 Å². The number of aromatic hydroxyl groups is 2. The van der Waals surface area contributed by atoms with Gasteiger partial charge in [0, 0.05) is 11.1 Å². The molecule has 0 aliphatic carbocycles. The minimum Gasteiger partial charge on any atom is -0.507 e. The van der Waals surface area contributed by atoms with Crippen molar-refractivity contribution in [2.45, 2.75) is 64.7 Å². The number of allylic oxidation sites excluding steroid dienone is 2. The van der Waals surface area contributed by atoms with E-state index in [9.17, 15) is 10.2 Å². The lowest BCUT2D eigenvalue weighted by molar-refractivity contribution is 0.473. The molecule has 0 radical (unpaired) electrons. The molecule has 0 saturated heterocycles. The van der Waals surface area contributed by atoms with E-state index in [4.69, 9.17) is 0 Å². The molecule has 0 heterocycles. The van der Waals surface area contributed by atoms with Crippen LogP contribution in [0.5, 0.6) is 11.5 Å². The normalized spacial score (nSPS) is 12.0. The van der Waals surface area contributed by atoms with Crippen molar-refractivity contribution in [3.05, 3.63) is 71.3 Å². The maximum Gasteiger partial charge on any atom is 0.122 e. The number of para-hydroxylation sites is 2. The van der Waals surface area contributed by atoms with Crippen LogP contribution in [0.2, 0.25) is 0 Å². The van der Waals surface area contributed by atoms with Crippen molar-refractivity contribution in [3.8, 4) is 11.5 Å². The molecule has 0 spiro atoms. The number of benzene rings is 2. The Morgan fingerprint density at radius 3 is 1.86 bits per heavy atom. The lowest BCUT2D eigenvalue weighted by Crippen LogP contribution is -1.85. The summed E-state index contributed by atoms with van der Waals surface area (Å²) < 4.78 is 0. The topological polar surface area (TPSA) is 40.5 Å². The van der Waals surface area contributed by atoms with Gasteiger partial charge in [0.2, 0.25) is 0 Å². The van der Waals surface area contributed by atoms with Gasteiger partial charge in [0.1, 0.15) is 11.5 Å². The summed E-state index contributed by atoms with van der Waals surface area (Å²) in [6, 6.07) is 14.8. The molecular formula is C26H34O2. The van der Waals surface area contributed by atoms with Gasteiger partial charge in [0.05, 0.1) is 0 Å². The molecule has 0 aromatic heterocycles. The first kappa shape index (κ1) is 21.8. The summed E-state index contributed by atoms with van der Waals surface area (Å²) in [6.45, 7) is 2.25. The highest BCUT2D eigenvalue weighted by Crippen LogP contribution is 2.24. The molecule has 2 aromatic carbocycles. The van der Waals surface area contributed by atoms with Crippen molar-refractivity contribution in [1.82, 2.24) is 0 Å². The van der Waals surface area contributed by atoms with E-state index in [-0.39, 0.29) is 5.75 Å². The van der Waals surface area contributed by atoms with Crippen LogP contribution in [-0.4, -0.2) is 10.2 Å². The van der Waals surface area contributed by atoms with Crippen LogP contribution in [0.15, 0.2) is 60.2 Å². The van der Waals surface area contributed by atoms with Gasteiger partial charge in [-0.25, -0.2) is 0 Å². The van der Waals surface area contributed by atoms with Crippen molar-refractivity contribution < 1.29 is 10.2 Å². The van der Waals surface area contributed by atoms with Gasteiger partial charge in [-0.3, -0.25) is 0 Å². The fraction of sp³-hybridized carbons (Fsp3) is 0.385. The molecule has 0 fully saturated rings. The van der Waals surface area contributed by atoms with Crippen molar-refractivity contribution in [2.75, 3.05) is 0 Å². The number of hydrogen-bond donors (Lipinski definition) is 2. The number of rotatable bonds is 12. The summed E-state index contributed by atoms with van der Waals surface area (Å²) >= 11 is 0. The highest BCUT2D eigenvalue weighted by Gasteiger charge is 2.01. The summed E-state index contributed by atoms with van der Waals surface area (Å²) in [7, 11) is 0. The van der Waals surface area contributed by atoms with Crippen LogP contribution < -0.4 is 0 Å². The van der Waals surface area contributed by atoms with Crippen LogP contribution >= 0.6 is 0 Å². The second kappa shape index (κ2) is 12.8. The number of phenols is 2. The van der Waals surface area contributed by atoms with Gasteiger partial charge in [-0.1, -0.05) is 100 Å². The maximum atomic E-state index is 10.1. The summed E-state index contributed by atoms with van der Waals surface area (Å²) in [5, 5.41) is 20.1.